The lowest BCUT2D eigenvalue weighted by Gasteiger charge is -2.38. The van der Waals surface area contributed by atoms with Crippen molar-refractivity contribution in [3.8, 4) is 0 Å². The van der Waals surface area contributed by atoms with Crippen molar-refractivity contribution in [2.75, 3.05) is 5.75 Å². The highest BCUT2D eigenvalue weighted by molar-refractivity contribution is 7.99. The lowest BCUT2D eigenvalue weighted by atomic mass is 10.1. The molecule has 0 aliphatic carbocycles. The van der Waals surface area contributed by atoms with E-state index in [2.05, 4.69) is 10.0 Å². The Kier molecular flexibility index (Phi) is 6.32. The zero-order valence-electron chi connectivity index (χ0n) is 11.7. The van der Waals surface area contributed by atoms with E-state index >= 15 is 0 Å². The standard InChI is InChI=1S/C11H15N3O6S/c1-5(15)18-9-8(13-14-12)4-21-11(20-7(3)17)10(9)19-6(2)16/h8-11H,4H2,1-3H3/t8-,9+,10-,11+/m1/s1. The van der Waals surface area contributed by atoms with Crippen LogP contribution >= 0.6 is 11.8 Å². The van der Waals surface area contributed by atoms with E-state index in [0.717, 1.165) is 11.8 Å². The second-order valence-electron chi connectivity index (χ2n) is 4.23. The molecule has 4 atom stereocenters. The van der Waals surface area contributed by atoms with E-state index in [4.69, 9.17) is 19.7 Å². The van der Waals surface area contributed by atoms with Crippen LogP contribution < -0.4 is 0 Å². The zero-order valence-corrected chi connectivity index (χ0v) is 12.5. The number of thioether (sulfide) groups is 1. The molecule has 1 saturated heterocycles. The number of ether oxygens (including phenoxy) is 3. The highest BCUT2D eigenvalue weighted by Gasteiger charge is 2.46. The molecule has 0 aromatic rings. The summed E-state index contributed by atoms with van der Waals surface area (Å²) in [6.07, 6.45) is -2.04. The van der Waals surface area contributed by atoms with Crippen molar-refractivity contribution in [3.63, 3.8) is 0 Å². The van der Waals surface area contributed by atoms with Gasteiger partial charge < -0.3 is 14.2 Å². The van der Waals surface area contributed by atoms with Gasteiger partial charge in [-0.2, -0.15) is 0 Å². The first-order chi connectivity index (χ1) is 9.85. The van der Waals surface area contributed by atoms with E-state index in [-0.39, 0.29) is 5.75 Å². The van der Waals surface area contributed by atoms with Crippen molar-refractivity contribution in [1.82, 2.24) is 0 Å². The van der Waals surface area contributed by atoms with Gasteiger partial charge in [-0.3, -0.25) is 14.4 Å². The highest BCUT2D eigenvalue weighted by Crippen LogP contribution is 2.33. The number of esters is 3. The normalized spacial score (nSPS) is 28.0. The van der Waals surface area contributed by atoms with Gasteiger partial charge in [0.05, 0.1) is 6.04 Å². The van der Waals surface area contributed by atoms with Crippen LogP contribution in [0.2, 0.25) is 0 Å². The summed E-state index contributed by atoms with van der Waals surface area (Å²) >= 11 is 1.14. The Balaban J connectivity index is 3.05. The first-order valence-electron chi connectivity index (χ1n) is 6.02. The molecule has 1 fully saturated rings. The van der Waals surface area contributed by atoms with Crippen LogP contribution in [0.4, 0.5) is 0 Å². The molecule has 1 aliphatic heterocycles. The minimum atomic E-state index is -1.04. The molecular weight excluding hydrogens is 302 g/mol. The van der Waals surface area contributed by atoms with Crippen molar-refractivity contribution < 1.29 is 28.6 Å². The summed E-state index contributed by atoms with van der Waals surface area (Å²) in [5.41, 5.74) is 7.73. The van der Waals surface area contributed by atoms with E-state index in [0.29, 0.717) is 0 Å². The van der Waals surface area contributed by atoms with Crippen molar-refractivity contribution in [3.05, 3.63) is 10.4 Å². The fourth-order valence-electron chi connectivity index (χ4n) is 1.84. The van der Waals surface area contributed by atoms with E-state index in [9.17, 15) is 14.4 Å². The van der Waals surface area contributed by atoms with Crippen LogP contribution in [0.3, 0.4) is 0 Å². The van der Waals surface area contributed by atoms with Crippen LogP contribution in [-0.4, -0.2) is 47.3 Å². The van der Waals surface area contributed by atoms with Crippen LogP contribution in [0.5, 0.6) is 0 Å². The Morgan fingerprint density at radius 2 is 1.57 bits per heavy atom. The van der Waals surface area contributed by atoms with Crippen molar-refractivity contribution in [1.29, 1.82) is 0 Å². The number of nitrogens with zero attached hydrogens (tertiary/aromatic N) is 3. The van der Waals surface area contributed by atoms with Gasteiger partial charge in [-0.05, 0) is 5.53 Å². The van der Waals surface area contributed by atoms with Gasteiger partial charge in [-0.15, -0.1) is 11.8 Å². The van der Waals surface area contributed by atoms with Crippen molar-refractivity contribution >= 4 is 29.7 Å². The number of carbonyl (C=O) groups excluding carboxylic acids is 3. The molecule has 0 spiro atoms. The molecular formula is C11H15N3O6S. The fourth-order valence-corrected chi connectivity index (χ4v) is 3.09. The van der Waals surface area contributed by atoms with Crippen LogP contribution in [0.25, 0.3) is 10.4 Å². The number of carbonyl (C=O) groups is 3. The topological polar surface area (TPSA) is 128 Å². The number of azide groups is 1. The molecule has 0 saturated carbocycles. The lowest BCUT2D eigenvalue weighted by Crippen LogP contribution is -2.53. The Bertz CT molecular complexity index is 479. The molecule has 1 aliphatic rings. The summed E-state index contributed by atoms with van der Waals surface area (Å²) in [6, 6.07) is -0.722. The predicted molar refractivity (Wildman–Crippen MR) is 72.1 cm³/mol. The first-order valence-corrected chi connectivity index (χ1v) is 7.07. The average Bonchev–Trinajstić information content (AvgIpc) is 2.35. The van der Waals surface area contributed by atoms with Gasteiger partial charge in [0, 0.05) is 31.4 Å². The third kappa shape index (κ3) is 5.16. The SMILES string of the molecule is CC(=O)O[C@@H]1[C@@H](OC(C)=O)[C@@H](OC(C)=O)SC[C@H]1N=[N+]=[N-]. The Hall–Kier alpha value is -1.93. The lowest BCUT2D eigenvalue weighted by molar-refractivity contribution is -0.178. The number of rotatable bonds is 4. The van der Waals surface area contributed by atoms with Crippen LogP contribution in [0.15, 0.2) is 5.11 Å². The van der Waals surface area contributed by atoms with Gasteiger partial charge in [0.15, 0.2) is 17.6 Å². The predicted octanol–water partition coefficient (Wildman–Crippen LogP) is 1.16. The van der Waals surface area contributed by atoms with E-state index in [1.165, 1.54) is 20.8 Å². The summed E-state index contributed by atoms with van der Waals surface area (Å²) in [4.78, 5) is 36.2. The molecule has 0 radical (unpaired) electrons. The van der Waals surface area contributed by atoms with Crippen molar-refractivity contribution in [2.24, 2.45) is 5.11 Å². The molecule has 0 bridgehead atoms. The summed E-state index contributed by atoms with van der Waals surface area (Å²) in [5.74, 6) is -1.55. The molecule has 0 amide bonds. The fraction of sp³-hybridized carbons (Fsp3) is 0.727. The quantitative estimate of drug-likeness (QED) is 0.250. The molecule has 21 heavy (non-hydrogen) atoms. The minimum Gasteiger partial charge on any atom is -0.458 e. The molecule has 1 rings (SSSR count). The maximum Gasteiger partial charge on any atom is 0.303 e. The maximum atomic E-state index is 11.2. The third-order valence-corrected chi connectivity index (χ3v) is 3.72. The summed E-state index contributed by atoms with van der Waals surface area (Å²) in [5, 5.41) is 3.54. The minimum absolute atomic E-state index is 0.262. The highest BCUT2D eigenvalue weighted by atomic mass is 32.2. The summed E-state index contributed by atoms with van der Waals surface area (Å²) < 4.78 is 15.3. The summed E-state index contributed by atoms with van der Waals surface area (Å²) in [7, 11) is 0. The summed E-state index contributed by atoms with van der Waals surface area (Å²) in [6.45, 7) is 3.57. The molecule has 116 valence electrons. The van der Waals surface area contributed by atoms with Crippen molar-refractivity contribution in [2.45, 2.75) is 44.5 Å². The van der Waals surface area contributed by atoms with Gasteiger partial charge in [0.25, 0.3) is 0 Å². The van der Waals surface area contributed by atoms with Gasteiger partial charge in [-0.25, -0.2) is 0 Å². The van der Waals surface area contributed by atoms with Crippen LogP contribution in [0.1, 0.15) is 20.8 Å². The Labute approximate surface area is 124 Å². The van der Waals surface area contributed by atoms with E-state index in [1.807, 2.05) is 0 Å². The zero-order chi connectivity index (χ0) is 16.0. The average molecular weight is 317 g/mol. The molecule has 0 unspecified atom stereocenters. The number of hydrogen-bond donors (Lipinski definition) is 0. The maximum absolute atomic E-state index is 11.2. The van der Waals surface area contributed by atoms with Gasteiger partial charge in [0.1, 0.15) is 0 Å². The Morgan fingerprint density at radius 1 is 1.05 bits per heavy atom. The van der Waals surface area contributed by atoms with E-state index in [1.54, 1.807) is 0 Å². The van der Waals surface area contributed by atoms with Gasteiger partial charge in [0.2, 0.25) is 0 Å². The third-order valence-electron chi connectivity index (χ3n) is 2.49. The van der Waals surface area contributed by atoms with Gasteiger partial charge >= 0.3 is 17.9 Å². The van der Waals surface area contributed by atoms with Crippen LogP contribution in [0, 0.1) is 0 Å². The largest absolute Gasteiger partial charge is 0.458 e. The first kappa shape index (κ1) is 17.1. The molecule has 0 aromatic heterocycles. The van der Waals surface area contributed by atoms with E-state index < -0.39 is 41.6 Å². The number of hydrogen-bond acceptors (Lipinski definition) is 8. The molecule has 1 heterocycles. The second-order valence-corrected chi connectivity index (χ2v) is 5.36. The molecule has 0 N–H and O–H groups in total. The Morgan fingerprint density at radius 3 is 2.05 bits per heavy atom. The molecule has 0 aromatic carbocycles. The monoisotopic (exact) mass is 317 g/mol. The molecule has 10 heteroatoms. The second kappa shape index (κ2) is 7.75. The molecule has 9 nitrogen and oxygen atoms in total. The van der Waals surface area contributed by atoms with Crippen LogP contribution in [-0.2, 0) is 28.6 Å². The van der Waals surface area contributed by atoms with Gasteiger partial charge in [-0.1, -0.05) is 5.11 Å². The smallest absolute Gasteiger partial charge is 0.303 e.